The van der Waals surface area contributed by atoms with Crippen LogP contribution in [0.5, 0.6) is 0 Å². The second kappa shape index (κ2) is 7.95. The number of amides is 1. The molecule has 0 radical (unpaired) electrons. The van der Waals surface area contributed by atoms with E-state index in [-0.39, 0.29) is 5.02 Å². The van der Waals surface area contributed by atoms with E-state index in [1.807, 2.05) is 0 Å². The molecule has 0 aliphatic heterocycles. The van der Waals surface area contributed by atoms with Crippen molar-refractivity contribution in [2.75, 3.05) is 5.32 Å². The Balaban J connectivity index is 3.47. The average molecular weight is 540 g/mol. The molecule has 0 saturated carbocycles. The van der Waals surface area contributed by atoms with Crippen LogP contribution in [0, 0.1) is 0 Å². The van der Waals surface area contributed by atoms with Crippen LogP contribution in [-0.4, -0.2) is 46.8 Å². The predicted octanol–water partition coefficient (Wildman–Crippen LogP) is 6.92. The molecular weight excluding hydrogens is 535 g/mol. The van der Waals surface area contributed by atoms with Gasteiger partial charge in [0.2, 0.25) is 0 Å². The Kier molecular flexibility index (Phi) is 7.04. The number of benzene rings is 1. The summed E-state index contributed by atoms with van der Waals surface area (Å²) in [5.41, 5.74) is -0.858. The highest BCUT2D eigenvalue weighted by Crippen LogP contribution is 2.62. The van der Waals surface area contributed by atoms with Gasteiger partial charge in [0.05, 0.1) is 0 Å². The first kappa shape index (κ1) is 28.3. The molecule has 0 bridgehead atoms. The molecule has 0 unspecified atom stereocenters. The molecule has 1 N–H and O–H groups in total. The molecule has 184 valence electrons. The summed E-state index contributed by atoms with van der Waals surface area (Å²) in [6.07, 6.45) is 0. The van der Waals surface area contributed by atoms with Crippen molar-refractivity contribution in [3.05, 3.63) is 29.3 Å². The lowest BCUT2D eigenvalue weighted by Gasteiger charge is -2.41. The van der Waals surface area contributed by atoms with E-state index in [1.54, 1.807) is 0 Å². The first-order chi connectivity index (χ1) is 13.9. The van der Waals surface area contributed by atoms with Crippen molar-refractivity contribution >= 4 is 34.8 Å². The van der Waals surface area contributed by atoms with E-state index in [2.05, 4.69) is 11.6 Å². The van der Waals surface area contributed by atoms with Crippen LogP contribution in [0.25, 0.3) is 0 Å². The molecule has 0 heterocycles. The number of halogens is 16. The first-order valence-corrected chi connectivity index (χ1v) is 8.06. The Morgan fingerprint density at radius 1 is 0.625 bits per heavy atom. The van der Waals surface area contributed by atoms with Crippen LogP contribution >= 0.6 is 23.2 Å². The summed E-state index contributed by atoms with van der Waals surface area (Å²) in [6.45, 7) is 0. The van der Waals surface area contributed by atoms with Crippen molar-refractivity contribution in [2.45, 2.75) is 40.9 Å². The van der Waals surface area contributed by atoms with Crippen molar-refractivity contribution < 1.29 is 66.3 Å². The molecular formula is C14H5Cl2F14NO. The quantitative estimate of drug-likeness (QED) is 0.282. The van der Waals surface area contributed by atoms with Gasteiger partial charge in [-0.25, -0.2) is 0 Å². The maximum Gasteiger partial charge on any atom is 0.393 e. The van der Waals surface area contributed by atoms with Gasteiger partial charge < -0.3 is 5.32 Å². The summed E-state index contributed by atoms with van der Waals surface area (Å²) in [5.74, 6) is -50.6. The lowest BCUT2D eigenvalue weighted by Crippen LogP contribution is -2.73. The van der Waals surface area contributed by atoms with E-state index in [0.29, 0.717) is 12.1 Å². The minimum Gasteiger partial charge on any atom is -0.321 e. The molecule has 1 amide bonds. The van der Waals surface area contributed by atoms with Crippen LogP contribution in [0.1, 0.15) is 0 Å². The van der Waals surface area contributed by atoms with Gasteiger partial charge in [-0.1, -0.05) is 11.6 Å². The van der Waals surface area contributed by atoms with E-state index in [4.69, 9.17) is 11.6 Å². The summed E-state index contributed by atoms with van der Waals surface area (Å²) in [6, 6.07) is 2.92. The fraction of sp³-hybridized carbons (Fsp3) is 0.500. The van der Waals surface area contributed by atoms with Gasteiger partial charge in [-0.15, -0.1) is 0 Å². The van der Waals surface area contributed by atoms with Crippen molar-refractivity contribution in [2.24, 2.45) is 0 Å². The van der Waals surface area contributed by atoms with Gasteiger partial charge in [-0.2, -0.15) is 61.5 Å². The fourth-order valence-corrected chi connectivity index (χ4v) is 2.10. The highest BCUT2D eigenvalue weighted by atomic mass is 35.5. The first-order valence-electron chi connectivity index (χ1n) is 7.30. The highest BCUT2D eigenvalue weighted by molar-refractivity contribution is 6.30. The molecule has 0 aliphatic carbocycles. The Morgan fingerprint density at radius 2 is 0.969 bits per heavy atom. The number of hydrogen-bond donors (Lipinski definition) is 1. The van der Waals surface area contributed by atoms with Crippen LogP contribution in [-0.2, 0) is 4.79 Å². The van der Waals surface area contributed by atoms with E-state index in [9.17, 15) is 66.3 Å². The molecule has 18 heteroatoms. The second-order valence-corrected chi connectivity index (χ2v) is 6.82. The third-order valence-corrected chi connectivity index (χ3v) is 4.20. The molecule has 0 fully saturated rings. The lowest BCUT2D eigenvalue weighted by atomic mass is 9.91. The minimum absolute atomic E-state index is 0.120. The summed E-state index contributed by atoms with van der Waals surface area (Å²) in [5, 5.41) is -5.99. The SMILES string of the molecule is O=C(Nc1ccc(Cl)cc1)C(F)(F)C(F)(F)C(F)(F)C(F)(F)C(F)(F)C(F)(F)C(F)(F)Cl. The molecule has 0 atom stereocenters. The number of carbonyl (C=O) groups is 1. The molecule has 0 aliphatic rings. The lowest BCUT2D eigenvalue weighted by molar-refractivity contribution is -0.431. The maximum atomic E-state index is 13.7. The summed E-state index contributed by atoms with van der Waals surface area (Å²) in [4.78, 5) is 11.3. The van der Waals surface area contributed by atoms with E-state index >= 15 is 0 Å². The summed E-state index contributed by atoms with van der Waals surface area (Å²) in [7, 11) is 0. The largest absolute Gasteiger partial charge is 0.393 e. The van der Waals surface area contributed by atoms with E-state index in [1.165, 1.54) is 0 Å². The Morgan fingerprint density at radius 3 is 1.34 bits per heavy atom. The predicted molar refractivity (Wildman–Crippen MR) is 80.6 cm³/mol. The van der Waals surface area contributed by atoms with Gasteiger partial charge in [-0.3, -0.25) is 4.79 Å². The topological polar surface area (TPSA) is 29.1 Å². The van der Waals surface area contributed by atoms with Crippen molar-refractivity contribution in [3.63, 3.8) is 0 Å². The van der Waals surface area contributed by atoms with Gasteiger partial charge in [0.25, 0.3) is 0 Å². The van der Waals surface area contributed by atoms with Crippen molar-refractivity contribution in [1.29, 1.82) is 0 Å². The van der Waals surface area contributed by atoms with Crippen LogP contribution in [0.15, 0.2) is 24.3 Å². The maximum absolute atomic E-state index is 13.7. The fourth-order valence-electron chi connectivity index (χ4n) is 1.85. The van der Waals surface area contributed by atoms with Gasteiger partial charge in [0.15, 0.2) is 0 Å². The Bertz CT molecular complexity index is 850. The molecule has 1 rings (SSSR count). The number of carbonyl (C=O) groups excluding carboxylic acids is 1. The molecule has 1 aromatic carbocycles. The Hall–Kier alpha value is -1.71. The number of anilines is 1. The molecule has 0 spiro atoms. The van der Waals surface area contributed by atoms with Crippen molar-refractivity contribution in [3.8, 4) is 0 Å². The van der Waals surface area contributed by atoms with Gasteiger partial charge in [-0.05, 0) is 35.9 Å². The van der Waals surface area contributed by atoms with Gasteiger partial charge >= 0.3 is 46.8 Å². The number of nitrogens with one attached hydrogen (secondary N) is 1. The second-order valence-electron chi connectivity index (χ2n) is 5.91. The summed E-state index contributed by atoms with van der Waals surface area (Å²) >= 11 is 8.84. The Labute approximate surface area is 177 Å². The van der Waals surface area contributed by atoms with Gasteiger partial charge in [0, 0.05) is 10.7 Å². The zero-order valence-corrected chi connectivity index (χ0v) is 15.8. The standard InChI is InChI=1S/C14H5Cl2F14NO/c15-5-1-3-6(4-2-5)31-7(32)8(17,18)9(19,20)10(21,22)11(23,24)12(25,26)13(27,28)14(16,29)30/h1-4H,(H,31,32). The van der Waals surface area contributed by atoms with Crippen LogP contribution < -0.4 is 5.32 Å². The van der Waals surface area contributed by atoms with E-state index in [0.717, 1.165) is 17.4 Å². The van der Waals surface area contributed by atoms with Gasteiger partial charge in [0.1, 0.15) is 0 Å². The van der Waals surface area contributed by atoms with Crippen LogP contribution in [0.3, 0.4) is 0 Å². The van der Waals surface area contributed by atoms with Crippen molar-refractivity contribution in [1.82, 2.24) is 0 Å². The summed E-state index contributed by atoms with van der Waals surface area (Å²) < 4.78 is 186. The van der Waals surface area contributed by atoms with E-state index < -0.39 is 52.5 Å². The van der Waals surface area contributed by atoms with Crippen LogP contribution in [0.2, 0.25) is 5.02 Å². The number of hydrogen-bond acceptors (Lipinski definition) is 1. The monoisotopic (exact) mass is 539 g/mol. The molecule has 2 nitrogen and oxygen atoms in total. The molecule has 0 aromatic heterocycles. The smallest absolute Gasteiger partial charge is 0.321 e. The third-order valence-electron chi connectivity index (χ3n) is 3.71. The molecule has 32 heavy (non-hydrogen) atoms. The molecule has 1 aromatic rings. The van der Waals surface area contributed by atoms with Crippen LogP contribution in [0.4, 0.5) is 67.2 Å². The zero-order valence-electron chi connectivity index (χ0n) is 14.3. The number of alkyl halides is 15. The zero-order chi connectivity index (χ0) is 25.8. The third kappa shape index (κ3) is 4.03. The molecule has 0 saturated heterocycles. The normalized spacial score (nSPS) is 15.0. The minimum atomic E-state index is -8.30. The number of rotatable bonds is 8. The average Bonchev–Trinajstić information content (AvgIpc) is 2.61. The highest BCUT2D eigenvalue weighted by Gasteiger charge is 2.93.